The number of nitrogens with zero attached hydrogens (tertiary/aromatic N) is 4. The van der Waals surface area contributed by atoms with Crippen LogP contribution in [0.3, 0.4) is 0 Å². The fourth-order valence-electron chi connectivity index (χ4n) is 3.86. The number of anilines is 1. The van der Waals surface area contributed by atoms with Crippen molar-refractivity contribution in [3.05, 3.63) is 66.3 Å². The molecule has 4 aromatic rings. The average Bonchev–Trinajstić information content (AvgIpc) is 2.87. The number of hydrogen-bond donors (Lipinski definition) is 2. The zero-order valence-electron chi connectivity index (χ0n) is 18.9. The van der Waals surface area contributed by atoms with Gasteiger partial charge in [0, 0.05) is 30.3 Å². The normalized spacial score (nSPS) is 12.7. The number of pyridine rings is 1. The van der Waals surface area contributed by atoms with E-state index < -0.39 is 0 Å². The summed E-state index contributed by atoms with van der Waals surface area (Å²) >= 11 is 0. The third-order valence-electron chi connectivity index (χ3n) is 5.72. The maximum Gasteiger partial charge on any atom is 0.162 e. The second-order valence-corrected chi connectivity index (χ2v) is 7.90. The number of nitrogens with one attached hydrogen (secondary N) is 2. The Bertz CT molecular complexity index is 1450. The van der Waals surface area contributed by atoms with Gasteiger partial charge in [-0.05, 0) is 42.5 Å². The van der Waals surface area contributed by atoms with E-state index in [1.807, 2.05) is 43.4 Å². The van der Waals surface area contributed by atoms with E-state index in [0.29, 0.717) is 23.8 Å². The summed E-state index contributed by atoms with van der Waals surface area (Å²) < 4.78 is 18.3. The molecule has 0 radical (unpaired) electrons. The molecular formula is C25H24N6O3. The van der Waals surface area contributed by atoms with Crippen molar-refractivity contribution in [2.75, 3.05) is 38.8 Å². The van der Waals surface area contributed by atoms with Crippen LogP contribution in [0.4, 0.5) is 5.69 Å². The third-order valence-corrected chi connectivity index (χ3v) is 5.72. The minimum absolute atomic E-state index is 0.0410. The van der Waals surface area contributed by atoms with E-state index >= 15 is 0 Å². The minimum atomic E-state index is -0.0593. The van der Waals surface area contributed by atoms with Crippen LogP contribution < -0.4 is 24.6 Å². The van der Waals surface area contributed by atoms with Gasteiger partial charge in [0.2, 0.25) is 0 Å². The first-order valence-electron chi connectivity index (χ1n) is 10.8. The van der Waals surface area contributed by atoms with Gasteiger partial charge in [-0.25, -0.2) is 0 Å². The molecule has 0 unspecified atom stereocenters. The molecule has 2 aromatic carbocycles. The summed E-state index contributed by atoms with van der Waals surface area (Å²) in [4.78, 5) is 6.50. The molecule has 0 saturated carbocycles. The van der Waals surface area contributed by atoms with E-state index in [1.54, 1.807) is 31.5 Å². The monoisotopic (exact) mass is 456 g/mol. The van der Waals surface area contributed by atoms with Gasteiger partial charge >= 0.3 is 0 Å². The molecule has 0 bridgehead atoms. The lowest BCUT2D eigenvalue weighted by molar-refractivity contribution is 0.311. The SMILES string of the molecule is COc1ccc2c(OCC(=N)n3nc(-c4ccc5c(c4)OCCN5C)ccc3=N)ccnc2c1. The number of methoxy groups -OCH3 is 1. The maximum atomic E-state index is 8.52. The minimum Gasteiger partial charge on any atom is -0.497 e. The van der Waals surface area contributed by atoms with Crippen molar-refractivity contribution in [1.29, 1.82) is 10.8 Å². The van der Waals surface area contributed by atoms with Crippen LogP contribution in [-0.2, 0) is 0 Å². The Morgan fingerprint density at radius 1 is 1.12 bits per heavy atom. The van der Waals surface area contributed by atoms with Crippen LogP contribution >= 0.6 is 0 Å². The summed E-state index contributed by atoms with van der Waals surface area (Å²) in [5.74, 6) is 2.14. The molecule has 172 valence electrons. The van der Waals surface area contributed by atoms with Gasteiger partial charge in [0.15, 0.2) is 5.84 Å². The Kier molecular flexibility index (Phi) is 5.59. The molecule has 0 saturated heterocycles. The van der Waals surface area contributed by atoms with E-state index in [-0.39, 0.29) is 17.9 Å². The summed E-state index contributed by atoms with van der Waals surface area (Å²) in [6, 6.07) is 16.6. The summed E-state index contributed by atoms with van der Waals surface area (Å²) in [5.41, 5.74) is 3.35. The average molecular weight is 457 g/mol. The third kappa shape index (κ3) is 4.03. The Morgan fingerprint density at radius 3 is 2.85 bits per heavy atom. The van der Waals surface area contributed by atoms with Crippen LogP contribution in [-0.4, -0.2) is 54.5 Å². The van der Waals surface area contributed by atoms with Gasteiger partial charge in [0.05, 0.1) is 30.6 Å². The van der Waals surface area contributed by atoms with Crippen LogP contribution in [0.15, 0.2) is 60.8 Å². The smallest absolute Gasteiger partial charge is 0.162 e. The molecule has 2 N–H and O–H groups in total. The standard InChI is InChI=1S/C25H24N6O3/c1-30-11-12-33-23-13-16(3-7-21(23)30)19-6-8-24(26)31(29-19)25(27)15-34-22-9-10-28-20-14-17(32-2)4-5-18(20)22/h3-10,13-14,26-27H,11-12,15H2,1-2H3. The summed E-state index contributed by atoms with van der Waals surface area (Å²) in [7, 11) is 3.64. The van der Waals surface area contributed by atoms with Crippen molar-refractivity contribution in [3.63, 3.8) is 0 Å². The van der Waals surface area contributed by atoms with Crippen molar-refractivity contribution < 1.29 is 14.2 Å². The molecular weight excluding hydrogens is 432 g/mol. The molecule has 9 heteroatoms. The molecule has 5 rings (SSSR count). The van der Waals surface area contributed by atoms with Gasteiger partial charge in [0.1, 0.15) is 36.0 Å². The first-order valence-corrected chi connectivity index (χ1v) is 10.8. The summed E-state index contributed by atoms with van der Waals surface area (Å²) in [5, 5.41) is 22.1. The van der Waals surface area contributed by atoms with Crippen LogP contribution in [0.1, 0.15) is 0 Å². The zero-order chi connectivity index (χ0) is 23.7. The highest BCUT2D eigenvalue weighted by Crippen LogP contribution is 2.34. The quantitative estimate of drug-likeness (QED) is 0.352. The summed E-state index contributed by atoms with van der Waals surface area (Å²) in [6.45, 7) is 1.41. The van der Waals surface area contributed by atoms with E-state index in [0.717, 1.165) is 34.4 Å². The van der Waals surface area contributed by atoms with E-state index in [4.69, 9.17) is 25.0 Å². The predicted molar refractivity (Wildman–Crippen MR) is 129 cm³/mol. The predicted octanol–water partition coefficient (Wildman–Crippen LogP) is 3.32. The van der Waals surface area contributed by atoms with Gasteiger partial charge < -0.3 is 19.1 Å². The maximum absolute atomic E-state index is 8.52. The van der Waals surface area contributed by atoms with E-state index in [1.165, 1.54) is 4.68 Å². The number of benzene rings is 2. The van der Waals surface area contributed by atoms with Crippen molar-refractivity contribution in [3.8, 4) is 28.5 Å². The Hall–Kier alpha value is -4.40. The number of fused-ring (bicyclic) bond motifs is 2. The molecule has 0 amide bonds. The first-order chi connectivity index (χ1) is 16.5. The number of hydrogen-bond acceptors (Lipinski definition) is 8. The molecule has 1 aliphatic rings. The largest absolute Gasteiger partial charge is 0.497 e. The van der Waals surface area contributed by atoms with Gasteiger partial charge in [-0.2, -0.15) is 9.78 Å². The van der Waals surface area contributed by atoms with Gasteiger partial charge in [-0.1, -0.05) is 6.07 Å². The molecule has 1 aliphatic heterocycles. The highest BCUT2D eigenvalue weighted by Gasteiger charge is 2.16. The molecule has 0 atom stereocenters. The highest BCUT2D eigenvalue weighted by atomic mass is 16.5. The first kappa shape index (κ1) is 21.4. The van der Waals surface area contributed by atoms with Crippen LogP contribution in [0.5, 0.6) is 17.2 Å². The number of likely N-dealkylation sites (N-methyl/N-ethyl adjacent to an activating group) is 1. The fourth-order valence-corrected chi connectivity index (χ4v) is 3.86. The van der Waals surface area contributed by atoms with E-state index in [2.05, 4.69) is 15.0 Å². The molecule has 0 spiro atoms. The van der Waals surface area contributed by atoms with Gasteiger partial charge in [-0.15, -0.1) is 0 Å². The number of ether oxygens (including phenoxy) is 3. The fraction of sp³-hybridized carbons (Fsp3) is 0.200. The Balaban J connectivity index is 1.39. The second kappa shape index (κ2) is 8.86. The van der Waals surface area contributed by atoms with Crippen molar-refractivity contribution >= 4 is 22.4 Å². The topological polar surface area (TPSA) is 109 Å². The van der Waals surface area contributed by atoms with E-state index in [9.17, 15) is 0 Å². The van der Waals surface area contributed by atoms with Crippen LogP contribution in [0, 0.1) is 10.8 Å². The van der Waals surface area contributed by atoms with Gasteiger partial charge in [-0.3, -0.25) is 15.8 Å². The van der Waals surface area contributed by atoms with Gasteiger partial charge in [0.25, 0.3) is 0 Å². The summed E-state index contributed by atoms with van der Waals surface area (Å²) in [6.07, 6.45) is 1.65. The molecule has 3 heterocycles. The lowest BCUT2D eigenvalue weighted by atomic mass is 10.1. The molecule has 34 heavy (non-hydrogen) atoms. The number of rotatable bonds is 5. The van der Waals surface area contributed by atoms with Crippen molar-refractivity contribution in [1.82, 2.24) is 14.8 Å². The van der Waals surface area contributed by atoms with Crippen molar-refractivity contribution in [2.24, 2.45) is 0 Å². The highest BCUT2D eigenvalue weighted by molar-refractivity contribution is 5.87. The lowest BCUT2D eigenvalue weighted by Crippen LogP contribution is -2.32. The Morgan fingerprint density at radius 2 is 2.00 bits per heavy atom. The van der Waals surface area contributed by atoms with Crippen LogP contribution in [0.25, 0.3) is 22.2 Å². The van der Waals surface area contributed by atoms with Crippen molar-refractivity contribution in [2.45, 2.75) is 0 Å². The Labute approximate surface area is 196 Å². The zero-order valence-corrected chi connectivity index (χ0v) is 18.9. The second-order valence-electron chi connectivity index (χ2n) is 7.90. The molecule has 0 aliphatic carbocycles. The molecule has 2 aromatic heterocycles. The number of aromatic nitrogens is 3. The van der Waals surface area contributed by atoms with Crippen LogP contribution in [0.2, 0.25) is 0 Å². The lowest BCUT2D eigenvalue weighted by Gasteiger charge is -2.27. The molecule has 9 nitrogen and oxygen atoms in total. The molecule has 0 fully saturated rings.